The number of aryl methyl sites for hydroxylation is 1. The molecule has 1 aliphatic carbocycles. The standard InChI is InChI=1S/C23H30N2O4/c1-6-29-23(27)20-14(2)21(24-15(20)3)22(26)25(16(4)18-9-10-18)13-17-7-11-19(28-5)12-8-17/h7-8,11-12,16,18,24H,6,9-10,13H2,1-5H3. The number of rotatable bonds is 8. The molecule has 0 radical (unpaired) electrons. The molecule has 1 heterocycles. The molecule has 1 N–H and O–H groups in total. The van der Waals surface area contributed by atoms with Crippen LogP contribution in [0.15, 0.2) is 24.3 Å². The molecule has 0 spiro atoms. The molecule has 1 aliphatic rings. The van der Waals surface area contributed by atoms with Gasteiger partial charge in [-0.1, -0.05) is 12.1 Å². The molecule has 156 valence electrons. The maximum atomic E-state index is 13.5. The third-order valence-corrected chi connectivity index (χ3v) is 5.70. The lowest BCUT2D eigenvalue weighted by Crippen LogP contribution is -2.40. The van der Waals surface area contributed by atoms with E-state index in [2.05, 4.69) is 11.9 Å². The minimum atomic E-state index is -0.394. The Morgan fingerprint density at radius 1 is 1.21 bits per heavy atom. The Morgan fingerprint density at radius 2 is 1.86 bits per heavy atom. The molecule has 1 unspecified atom stereocenters. The van der Waals surface area contributed by atoms with E-state index in [0.717, 1.165) is 24.2 Å². The van der Waals surface area contributed by atoms with E-state index in [1.165, 1.54) is 0 Å². The number of hydrogen-bond donors (Lipinski definition) is 1. The fourth-order valence-corrected chi connectivity index (χ4v) is 3.78. The number of benzene rings is 1. The van der Waals surface area contributed by atoms with Crippen molar-refractivity contribution < 1.29 is 19.1 Å². The Balaban J connectivity index is 1.90. The molecular weight excluding hydrogens is 368 g/mol. The normalized spacial score (nSPS) is 14.4. The zero-order valence-electron chi connectivity index (χ0n) is 17.9. The summed E-state index contributed by atoms with van der Waals surface area (Å²) in [4.78, 5) is 30.9. The molecule has 0 aliphatic heterocycles. The minimum Gasteiger partial charge on any atom is -0.497 e. The SMILES string of the molecule is CCOC(=O)c1c(C)[nH]c(C(=O)N(Cc2ccc(OC)cc2)C(C)C2CC2)c1C. The lowest BCUT2D eigenvalue weighted by Gasteiger charge is -2.29. The molecule has 1 atom stereocenters. The smallest absolute Gasteiger partial charge is 0.340 e. The predicted octanol–water partition coefficient (Wildman–Crippen LogP) is 4.26. The highest BCUT2D eigenvalue weighted by molar-refractivity contribution is 6.00. The molecule has 2 aromatic rings. The minimum absolute atomic E-state index is 0.0867. The third kappa shape index (κ3) is 4.47. The van der Waals surface area contributed by atoms with Crippen LogP contribution in [0.25, 0.3) is 0 Å². The van der Waals surface area contributed by atoms with Crippen LogP contribution in [-0.2, 0) is 11.3 Å². The van der Waals surface area contributed by atoms with Gasteiger partial charge in [0.15, 0.2) is 0 Å². The fraction of sp³-hybridized carbons (Fsp3) is 0.478. The van der Waals surface area contributed by atoms with Crippen molar-refractivity contribution in [2.75, 3.05) is 13.7 Å². The summed E-state index contributed by atoms with van der Waals surface area (Å²) in [7, 11) is 1.64. The maximum absolute atomic E-state index is 13.5. The summed E-state index contributed by atoms with van der Waals surface area (Å²) in [5, 5.41) is 0. The van der Waals surface area contributed by atoms with Crippen LogP contribution in [0.5, 0.6) is 5.75 Å². The van der Waals surface area contributed by atoms with Crippen LogP contribution in [0.2, 0.25) is 0 Å². The van der Waals surface area contributed by atoms with Crippen LogP contribution >= 0.6 is 0 Å². The van der Waals surface area contributed by atoms with Gasteiger partial charge in [0.2, 0.25) is 0 Å². The second-order valence-corrected chi connectivity index (χ2v) is 7.70. The van der Waals surface area contributed by atoms with Crippen molar-refractivity contribution in [1.29, 1.82) is 0 Å². The van der Waals surface area contributed by atoms with Gasteiger partial charge in [0.05, 0.1) is 19.3 Å². The van der Waals surface area contributed by atoms with E-state index >= 15 is 0 Å². The van der Waals surface area contributed by atoms with Gasteiger partial charge < -0.3 is 19.4 Å². The van der Waals surface area contributed by atoms with Crippen molar-refractivity contribution in [2.24, 2.45) is 5.92 Å². The Morgan fingerprint density at radius 3 is 2.41 bits per heavy atom. The summed E-state index contributed by atoms with van der Waals surface area (Å²) >= 11 is 0. The first-order valence-electron chi connectivity index (χ1n) is 10.2. The van der Waals surface area contributed by atoms with Crippen LogP contribution in [0, 0.1) is 19.8 Å². The van der Waals surface area contributed by atoms with Crippen LogP contribution in [0.4, 0.5) is 0 Å². The number of aromatic amines is 1. The molecule has 3 rings (SSSR count). The summed E-state index contributed by atoms with van der Waals surface area (Å²) < 4.78 is 10.4. The number of amides is 1. The molecule has 29 heavy (non-hydrogen) atoms. The first-order valence-corrected chi connectivity index (χ1v) is 10.2. The van der Waals surface area contributed by atoms with E-state index in [9.17, 15) is 9.59 Å². The number of nitrogens with zero attached hydrogens (tertiary/aromatic N) is 1. The number of carbonyl (C=O) groups excluding carboxylic acids is 2. The second-order valence-electron chi connectivity index (χ2n) is 7.70. The lowest BCUT2D eigenvalue weighted by molar-refractivity contribution is 0.0525. The molecule has 0 saturated heterocycles. The Kier molecular flexibility index (Phi) is 6.30. The van der Waals surface area contributed by atoms with Crippen molar-refractivity contribution in [3.8, 4) is 5.75 Å². The van der Waals surface area contributed by atoms with E-state index in [4.69, 9.17) is 9.47 Å². The lowest BCUT2D eigenvalue weighted by atomic mass is 10.1. The van der Waals surface area contributed by atoms with Gasteiger partial charge in [0, 0.05) is 18.3 Å². The van der Waals surface area contributed by atoms with Crippen molar-refractivity contribution in [2.45, 2.75) is 53.1 Å². The molecule has 6 heteroatoms. The Labute approximate surface area is 172 Å². The van der Waals surface area contributed by atoms with Crippen molar-refractivity contribution >= 4 is 11.9 Å². The number of H-pyrrole nitrogens is 1. The number of carbonyl (C=O) groups is 2. The molecule has 0 bridgehead atoms. The molecule has 6 nitrogen and oxygen atoms in total. The summed E-state index contributed by atoms with van der Waals surface area (Å²) in [6.45, 7) is 8.29. The number of nitrogens with one attached hydrogen (secondary N) is 1. The molecule has 1 amide bonds. The van der Waals surface area contributed by atoms with Crippen molar-refractivity contribution in [3.05, 3.63) is 52.3 Å². The average Bonchev–Trinajstić information content (AvgIpc) is 3.51. The monoisotopic (exact) mass is 398 g/mol. The fourth-order valence-electron chi connectivity index (χ4n) is 3.78. The van der Waals surface area contributed by atoms with Gasteiger partial charge >= 0.3 is 5.97 Å². The van der Waals surface area contributed by atoms with Gasteiger partial charge in [0.25, 0.3) is 5.91 Å². The number of hydrogen-bond acceptors (Lipinski definition) is 4. The predicted molar refractivity (Wildman–Crippen MR) is 111 cm³/mol. The largest absolute Gasteiger partial charge is 0.497 e. The van der Waals surface area contributed by atoms with Gasteiger partial charge in [-0.05, 0) is 69.7 Å². The first-order chi connectivity index (χ1) is 13.9. The molecule has 1 fully saturated rings. The number of esters is 1. The van der Waals surface area contributed by atoms with E-state index in [-0.39, 0.29) is 11.9 Å². The Bertz CT molecular complexity index is 881. The van der Waals surface area contributed by atoms with Gasteiger partial charge in [-0.15, -0.1) is 0 Å². The maximum Gasteiger partial charge on any atom is 0.340 e. The molecule has 1 aromatic carbocycles. The van der Waals surface area contributed by atoms with E-state index in [1.807, 2.05) is 29.2 Å². The van der Waals surface area contributed by atoms with Gasteiger partial charge in [-0.3, -0.25) is 4.79 Å². The number of methoxy groups -OCH3 is 1. The van der Waals surface area contributed by atoms with Gasteiger partial charge in [-0.25, -0.2) is 4.79 Å². The van der Waals surface area contributed by atoms with Crippen LogP contribution in [0.1, 0.15) is 64.4 Å². The third-order valence-electron chi connectivity index (χ3n) is 5.70. The highest BCUT2D eigenvalue weighted by Crippen LogP contribution is 2.36. The zero-order valence-corrected chi connectivity index (χ0v) is 17.9. The average molecular weight is 399 g/mol. The van der Waals surface area contributed by atoms with Crippen LogP contribution < -0.4 is 4.74 Å². The van der Waals surface area contributed by atoms with E-state index in [0.29, 0.717) is 41.6 Å². The van der Waals surface area contributed by atoms with Crippen LogP contribution in [-0.4, -0.2) is 41.5 Å². The highest BCUT2D eigenvalue weighted by Gasteiger charge is 2.36. The number of ether oxygens (including phenoxy) is 2. The summed E-state index contributed by atoms with van der Waals surface area (Å²) in [6, 6.07) is 7.90. The zero-order chi connectivity index (χ0) is 21.1. The topological polar surface area (TPSA) is 71.6 Å². The second kappa shape index (κ2) is 8.72. The van der Waals surface area contributed by atoms with Gasteiger partial charge in [0.1, 0.15) is 11.4 Å². The number of aromatic nitrogens is 1. The highest BCUT2D eigenvalue weighted by atomic mass is 16.5. The van der Waals surface area contributed by atoms with E-state index < -0.39 is 5.97 Å². The van der Waals surface area contributed by atoms with Crippen LogP contribution in [0.3, 0.4) is 0 Å². The van der Waals surface area contributed by atoms with Crippen molar-refractivity contribution in [1.82, 2.24) is 9.88 Å². The quantitative estimate of drug-likeness (QED) is 0.675. The molecular formula is C23H30N2O4. The summed E-state index contributed by atoms with van der Waals surface area (Å²) in [5.41, 5.74) is 3.27. The summed E-state index contributed by atoms with van der Waals surface area (Å²) in [6.07, 6.45) is 2.29. The van der Waals surface area contributed by atoms with Gasteiger partial charge in [-0.2, -0.15) is 0 Å². The first kappa shape index (κ1) is 21.0. The van der Waals surface area contributed by atoms with Crippen molar-refractivity contribution in [3.63, 3.8) is 0 Å². The Hall–Kier alpha value is -2.76. The summed E-state index contributed by atoms with van der Waals surface area (Å²) in [5.74, 6) is 0.834. The van der Waals surface area contributed by atoms with E-state index in [1.54, 1.807) is 27.9 Å². The molecule has 1 saturated carbocycles. The molecule has 1 aromatic heterocycles.